The van der Waals surface area contributed by atoms with E-state index >= 15 is 0 Å². The summed E-state index contributed by atoms with van der Waals surface area (Å²) in [7, 11) is 1.91. The highest BCUT2D eigenvalue weighted by Crippen LogP contribution is 2.18. The second-order valence-corrected chi connectivity index (χ2v) is 6.60. The average molecular weight is 364 g/mol. The Bertz CT molecular complexity index is 797. The summed E-state index contributed by atoms with van der Waals surface area (Å²) in [5.74, 6) is -0.945. The number of halogens is 2. The second-order valence-electron chi connectivity index (χ2n) is 6.16. The van der Waals surface area contributed by atoms with Crippen LogP contribution in [0.3, 0.4) is 0 Å². The molecule has 1 aliphatic rings. The van der Waals surface area contributed by atoms with Crippen molar-refractivity contribution in [3.8, 4) is 0 Å². The Morgan fingerprint density at radius 3 is 2.44 bits per heavy atom. The Morgan fingerprint density at radius 2 is 1.80 bits per heavy atom. The smallest absolute Gasteiger partial charge is 0.257 e. The number of carbonyl (C=O) groups is 2. The molecule has 132 valence electrons. The molecule has 0 spiro atoms. The van der Waals surface area contributed by atoms with Crippen molar-refractivity contribution in [3.05, 3.63) is 58.6 Å². The van der Waals surface area contributed by atoms with Crippen molar-refractivity contribution in [1.29, 1.82) is 0 Å². The van der Waals surface area contributed by atoms with Crippen molar-refractivity contribution in [3.63, 3.8) is 0 Å². The van der Waals surface area contributed by atoms with Crippen LogP contribution in [0.1, 0.15) is 15.9 Å². The predicted molar refractivity (Wildman–Crippen MR) is 93.0 cm³/mol. The monoisotopic (exact) mass is 363 g/mol. The minimum atomic E-state index is -0.586. The lowest BCUT2D eigenvalue weighted by Crippen LogP contribution is -2.51. The molecule has 0 unspecified atom stereocenters. The van der Waals surface area contributed by atoms with Gasteiger partial charge in [0.25, 0.3) is 5.91 Å². The van der Waals surface area contributed by atoms with E-state index in [1.165, 1.54) is 18.2 Å². The number of benzene rings is 1. The Hall–Kier alpha value is -2.34. The van der Waals surface area contributed by atoms with Crippen LogP contribution in [0.15, 0.2) is 36.7 Å². The van der Waals surface area contributed by atoms with Crippen molar-refractivity contribution in [2.75, 3.05) is 26.2 Å². The topological polar surface area (TPSA) is 45.6 Å². The number of hydrogen-bond acceptors (Lipinski definition) is 2. The van der Waals surface area contributed by atoms with E-state index in [4.69, 9.17) is 11.6 Å². The number of amides is 2. The quantitative estimate of drug-likeness (QED) is 0.840. The van der Waals surface area contributed by atoms with Crippen LogP contribution in [0, 0.1) is 5.82 Å². The summed E-state index contributed by atoms with van der Waals surface area (Å²) >= 11 is 5.85. The molecule has 1 aromatic heterocycles. The van der Waals surface area contributed by atoms with E-state index < -0.39 is 11.7 Å². The summed E-state index contributed by atoms with van der Waals surface area (Å²) in [6, 6.07) is 5.86. The maximum absolute atomic E-state index is 13.9. The number of piperazine rings is 1. The third-order valence-electron chi connectivity index (χ3n) is 4.33. The zero-order valence-electron chi connectivity index (χ0n) is 13.9. The molecular formula is C18H19ClFN3O2. The van der Waals surface area contributed by atoms with Gasteiger partial charge in [-0.15, -0.1) is 0 Å². The van der Waals surface area contributed by atoms with Crippen LogP contribution in [-0.2, 0) is 18.3 Å². The predicted octanol–water partition coefficient (Wildman–Crippen LogP) is 2.34. The Labute approximate surface area is 150 Å². The third kappa shape index (κ3) is 4.02. The minimum Gasteiger partial charge on any atom is -0.357 e. The van der Waals surface area contributed by atoms with Crippen molar-refractivity contribution >= 4 is 23.4 Å². The van der Waals surface area contributed by atoms with Crippen molar-refractivity contribution in [2.24, 2.45) is 7.05 Å². The van der Waals surface area contributed by atoms with E-state index in [0.717, 1.165) is 5.56 Å². The van der Waals surface area contributed by atoms with Gasteiger partial charge in [-0.3, -0.25) is 9.59 Å². The zero-order valence-corrected chi connectivity index (χ0v) is 14.7. The lowest BCUT2D eigenvalue weighted by Gasteiger charge is -2.35. The minimum absolute atomic E-state index is 0.0310. The number of hydrogen-bond donors (Lipinski definition) is 0. The van der Waals surface area contributed by atoms with Gasteiger partial charge in [-0.25, -0.2) is 4.39 Å². The first kappa shape index (κ1) is 17.5. The molecule has 0 bridgehead atoms. The number of carbonyl (C=O) groups excluding carboxylic acids is 2. The lowest BCUT2D eigenvalue weighted by molar-refractivity contribution is -0.131. The van der Waals surface area contributed by atoms with Gasteiger partial charge >= 0.3 is 0 Å². The van der Waals surface area contributed by atoms with Crippen LogP contribution >= 0.6 is 11.6 Å². The highest BCUT2D eigenvalue weighted by molar-refractivity contribution is 6.31. The maximum Gasteiger partial charge on any atom is 0.257 e. The van der Waals surface area contributed by atoms with Crippen molar-refractivity contribution < 1.29 is 14.0 Å². The van der Waals surface area contributed by atoms with Gasteiger partial charge in [0.15, 0.2) is 0 Å². The van der Waals surface area contributed by atoms with Crippen molar-refractivity contribution in [1.82, 2.24) is 14.4 Å². The van der Waals surface area contributed by atoms with Crippen LogP contribution in [0.2, 0.25) is 5.02 Å². The molecular weight excluding hydrogens is 345 g/mol. The maximum atomic E-state index is 13.9. The van der Waals surface area contributed by atoms with Gasteiger partial charge in [0.2, 0.25) is 5.91 Å². The molecule has 0 saturated carbocycles. The molecule has 3 rings (SSSR count). The van der Waals surface area contributed by atoms with Gasteiger partial charge in [-0.2, -0.15) is 0 Å². The van der Waals surface area contributed by atoms with Crippen LogP contribution in [0.4, 0.5) is 4.39 Å². The van der Waals surface area contributed by atoms with Gasteiger partial charge in [0, 0.05) is 50.6 Å². The molecule has 0 N–H and O–H groups in total. The summed E-state index contributed by atoms with van der Waals surface area (Å²) in [5, 5.41) is 0.321. The molecule has 1 fully saturated rings. The zero-order chi connectivity index (χ0) is 18.0. The Kier molecular flexibility index (Phi) is 5.08. The molecule has 1 saturated heterocycles. The molecule has 1 aliphatic heterocycles. The van der Waals surface area contributed by atoms with Gasteiger partial charge in [0.1, 0.15) is 5.82 Å². The van der Waals surface area contributed by atoms with E-state index in [1.807, 2.05) is 30.1 Å². The fourth-order valence-corrected chi connectivity index (χ4v) is 3.11. The van der Waals surface area contributed by atoms with Crippen molar-refractivity contribution in [2.45, 2.75) is 6.42 Å². The lowest BCUT2D eigenvalue weighted by atomic mass is 10.1. The summed E-state index contributed by atoms with van der Waals surface area (Å²) in [5.41, 5.74) is 0.934. The van der Waals surface area contributed by atoms with Crippen LogP contribution < -0.4 is 0 Å². The summed E-state index contributed by atoms with van der Waals surface area (Å²) < 4.78 is 15.8. The molecule has 0 aliphatic carbocycles. The first-order chi connectivity index (χ1) is 11.9. The highest BCUT2D eigenvalue weighted by Gasteiger charge is 2.26. The van der Waals surface area contributed by atoms with E-state index in [1.54, 1.807) is 9.80 Å². The molecule has 0 radical (unpaired) electrons. The molecule has 25 heavy (non-hydrogen) atoms. The van der Waals surface area contributed by atoms with Gasteiger partial charge in [0.05, 0.1) is 12.0 Å². The molecule has 5 nitrogen and oxygen atoms in total. The number of rotatable bonds is 3. The first-order valence-electron chi connectivity index (χ1n) is 8.07. The standard InChI is InChI=1S/C18H19ClFN3O2/c1-21-5-4-13(12-21)10-17(24)22-6-8-23(9-7-22)18(25)15-11-14(19)2-3-16(15)20/h2-5,11-12H,6-10H2,1H3. The molecule has 7 heteroatoms. The van der Waals surface area contributed by atoms with E-state index in [9.17, 15) is 14.0 Å². The highest BCUT2D eigenvalue weighted by atomic mass is 35.5. The van der Waals surface area contributed by atoms with Crippen LogP contribution in [0.25, 0.3) is 0 Å². The van der Waals surface area contributed by atoms with Crippen LogP contribution in [0.5, 0.6) is 0 Å². The normalized spacial score (nSPS) is 14.7. The summed E-state index contributed by atoms with van der Waals surface area (Å²) in [6.45, 7) is 1.65. The first-order valence-corrected chi connectivity index (χ1v) is 8.45. The van der Waals surface area contributed by atoms with E-state index in [-0.39, 0.29) is 11.5 Å². The molecule has 0 atom stereocenters. The van der Waals surface area contributed by atoms with Crippen LogP contribution in [-0.4, -0.2) is 52.4 Å². The Morgan fingerprint density at radius 1 is 1.12 bits per heavy atom. The SMILES string of the molecule is Cn1ccc(CC(=O)N2CCN(C(=O)c3cc(Cl)ccc3F)CC2)c1. The molecule has 2 amide bonds. The van der Waals surface area contributed by atoms with Gasteiger partial charge < -0.3 is 14.4 Å². The average Bonchev–Trinajstić information content (AvgIpc) is 3.01. The largest absolute Gasteiger partial charge is 0.357 e. The second kappa shape index (κ2) is 7.27. The number of nitrogens with zero attached hydrogens (tertiary/aromatic N) is 3. The fraction of sp³-hybridized carbons (Fsp3) is 0.333. The third-order valence-corrected chi connectivity index (χ3v) is 4.56. The molecule has 2 heterocycles. The molecule has 2 aromatic rings. The van der Waals surface area contributed by atoms with E-state index in [2.05, 4.69) is 0 Å². The fourth-order valence-electron chi connectivity index (χ4n) is 2.94. The summed E-state index contributed by atoms with van der Waals surface area (Å²) in [4.78, 5) is 28.1. The Balaban J connectivity index is 1.58. The van der Waals surface area contributed by atoms with E-state index in [0.29, 0.717) is 37.6 Å². The van der Waals surface area contributed by atoms with Gasteiger partial charge in [-0.1, -0.05) is 11.6 Å². The molecule has 1 aromatic carbocycles. The van der Waals surface area contributed by atoms with Gasteiger partial charge in [-0.05, 0) is 29.8 Å². The summed E-state index contributed by atoms with van der Waals surface area (Å²) in [6.07, 6.45) is 4.16. The number of aryl methyl sites for hydroxylation is 1. The number of aromatic nitrogens is 1.